The molecule has 3 aromatic rings. The van der Waals surface area contributed by atoms with Gasteiger partial charge < -0.3 is 15.1 Å². The van der Waals surface area contributed by atoms with Gasteiger partial charge in [0.2, 0.25) is 0 Å². The van der Waals surface area contributed by atoms with Crippen molar-refractivity contribution in [3.8, 4) is 0 Å². The van der Waals surface area contributed by atoms with Crippen LogP contribution in [0.15, 0.2) is 36.7 Å². The average Bonchev–Trinajstić information content (AvgIpc) is 2.73. The van der Waals surface area contributed by atoms with Crippen molar-refractivity contribution in [3.63, 3.8) is 0 Å². The van der Waals surface area contributed by atoms with Gasteiger partial charge in [-0.2, -0.15) is 5.10 Å². The van der Waals surface area contributed by atoms with Crippen LogP contribution in [0.4, 0.5) is 17.3 Å². The van der Waals surface area contributed by atoms with Gasteiger partial charge in [0, 0.05) is 26.2 Å². The number of hydrogen-bond donors (Lipinski definition) is 1. The zero-order chi connectivity index (χ0) is 19.5. The van der Waals surface area contributed by atoms with E-state index >= 15 is 0 Å². The van der Waals surface area contributed by atoms with Crippen LogP contribution < -0.4 is 10.2 Å². The van der Waals surface area contributed by atoms with Crippen LogP contribution in [0.25, 0.3) is 11.0 Å². The van der Waals surface area contributed by atoms with Gasteiger partial charge in [-0.25, -0.2) is 4.98 Å². The molecule has 7 heteroatoms. The van der Waals surface area contributed by atoms with Crippen LogP contribution in [0.5, 0.6) is 0 Å². The van der Waals surface area contributed by atoms with Crippen molar-refractivity contribution in [2.24, 2.45) is 0 Å². The quantitative estimate of drug-likeness (QED) is 0.730. The number of nitrogens with one attached hydrogen (secondary N) is 1. The fraction of sp³-hybridized carbons (Fsp3) is 0.429. The Hall–Kier alpha value is -2.80. The predicted octanol–water partition coefficient (Wildman–Crippen LogP) is 3.43. The molecule has 0 amide bonds. The van der Waals surface area contributed by atoms with Gasteiger partial charge in [-0.3, -0.25) is 4.98 Å². The monoisotopic (exact) mass is 377 g/mol. The minimum Gasteiger partial charge on any atom is -0.368 e. The van der Waals surface area contributed by atoms with E-state index in [4.69, 9.17) is 4.98 Å². The Balaban J connectivity index is 1.55. The molecule has 7 nitrogen and oxygen atoms in total. The summed E-state index contributed by atoms with van der Waals surface area (Å²) < 4.78 is 0. The van der Waals surface area contributed by atoms with E-state index in [9.17, 15) is 0 Å². The molecule has 0 aliphatic carbocycles. The maximum atomic E-state index is 4.75. The van der Waals surface area contributed by atoms with E-state index in [-0.39, 0.29) is 0 Å². The number of fused-ring (bicyclic) bond motifs is 1. The molecule has 28 heavy (non-hydrogen) atoms. The van der Waals surface area contributed by atoms with Gasteiger partial charge in [0.25, 0.3) is 0 Å². The Labute approximate surface area is 165 Å². The SMILES string of the molecule is CCN1CCN(c2cnc3ccc(Nc4cc(C(C)C)cnn4)nc3c2)CC1. The second-order valence-electron chi connectivity index (χ2n) is 7.50. The molecular weight excluding hydrogens is 350 g/mol. The lowest BCUT2D eigenvalue weighted by molar-refractivity contribution is 0.271. The first-order valence-corrected chi connectivity index (χ1v) is 9.96. The Morgan fingerprint density at radius 3 is 2.57 bits per heavy atom. The molecule has 0 radical (unpaired) electrons. The number of piperazine rings is 1. The van der Waals surface area contributed by atoms with E-state index in [1.807, 2.05) is 24.4 Å². The number of pyridine rings is 2. The van der Waals surface area contributed by atoms with Crippen LogP contribution in [0, 0.1) is 0 Å². The van der Waals surface area contributed by atoms with Crippen molar-refractivity contribution in [1.29, 1.82) is 0 Å². The fourth-order valence-electron chi connectivity index (χ4n) is 3.45. The topological polar surface area (TPSA) is 70.1 Å². The van der Waals surface area contributed by atoms with Gasteiger partial charge in [-0.15, -0.1) is 5.10 Å². The lowest BCUT2D eigenvalue weighted by Gasteiger charge is -2.35. The molecule has 1 saturated heterocycles. The minimum absolute atomic E-state index is 0.403. The summed E-state index contributed by atoms with van der Waals surface area (Å²) in [6.07, 6.45) is 3.76. The Morgan fingerprint density at radius 2 is 1.82 bits per heavy atom. The van der Waals surface area contributed by atoms with Crippen molar-refractivity contribution in [2.45, 2.75) is 26.7 Å². The van der Waals surface area contributed by atoms with Crippen LogP contribution in [0.3, 0.4) is 0 Å². The van der Waals surface area contributed by atoms with Crippen molar-refractivity contribution >= 4 is 28.4 Å². The van der Waals surface area contributed by atoms with Gasteiger partial charge in [0.05, 0.1) is 29.1 Å². The van der Waals surface area contributed by atoms with Crippen LogP contribution in [0.2, 0.25) is 0 Å². The van der Waals surface area contributed by atoms with E-state index in [2.05, 4.69) is 57.1 Å². The molecular formula is C21H27N7. The number of hydrogen-bond acceptors (Lipinski definition) is 7. The summed E-state index contributed by atoms with van der Waals surface area (Å²) in [7, 11) is 0. The van der Waals surface area contributed by atoms with Gasteiger partial charge in [0.15, 0.2) is 5.82 Å². The maximum Gasteiger partial charge on any atom is 0.154 e. The van der Waals surface area contributed by atoms with Crippen LogP contribution in [-0.4, -0.2) is 57.8 Å². The lowest BCUT2D eigenvalue weighted by Crippen LogP contribution is -2.46. The fourth-order valence-corrected chi connectivity index (χ4v) is 3.45. The molecule has 0 saturated carbocycles. The third-order valence-electron chi connectivity index (χ3n) is 5.31. The number of aromatic nitrogens is 4. The molecule has 1 aliphatic heterocycles. The summed E-state index contributed by atoms with van der Waals surface area (Å²) in [4.78, 5) is 14.2. The maximum absolute atomic E-state index is 4.75. The summed E-state index contributed by atoms with van der Waals surface area (Å²) in [5, 5.41) is 11.5. The highest BCUT2D eigenvalue weighted by atomic mass is 15.3. The van der Waals surface area contributed by atoms with Crippen LogP contribution in [-0.2, 0) is 0 Å². The second-order valence-corrected chi connectivity index (χ2v) is 7.50. The van der Waals surface area contributed by atoms with Crippen LogP contribution in [0.1, 0.15) is 32.3 Å². The smallest absolute Gasteiger partial charge is 0.154 e. The van der Waals surface area contributed by atoms with Crippen molar-refractivity contribution in [2.75, 3.05) is 42.9 Å². The summed E-state index contributed by atoms with van der Waals surface area (Å²) >= 11 is 0. The molecule has 0 spiro atoms. The predicted molar refractivity (Wildman–Crippen MR) is 113 cm³/mol. The summed E-state index contributed by atoms with van der Waals surface area (Å²) in [5.41, 5.74) is 4.06. The Morgan fingerprint density at radius 1 is 1.00 bits per heavy atom. The summed E-state index contributed by atoms with van der Waals surface area (Å²) in [6.45, 7) is 11.8. The molecule has 4 rings (SSSR count). The number of likely N-dealkylation sites (N-methyl/N-ethyl adjacent to an activating group) is 1. The third kappa shape index (κ3) is 4.04. The van der Waals surface area contributed by atoms with Crippen molar-refractivity contribution < 1.29 is 0 Å². The normalized spacial score (nSPS) is 15.4. The summed E-state index contributed by atoms with van der Waals surface area (Å²) in [5.74, 6) is 1.86. The molecule has 3 aromatic heterocycles. The number of nitrogens with zero attached hydrogens (tertiary/aromatic N) is 6. The molecule has 146 valence electrons. The highest BCUT2D eigenvalue weighted by Crippen LogP contribution is 2.23. The third-order valence-corrected chi connectivity index (χ3v) is 5.31. The van der Waals surface area contributed by atoms with Crippen LogP contribution >= 0.6 is 0 Å². The van der Waals surface area contributed by atoms with Crippen molar-refractivity contribution in [3.05, 3.63) is 42.2 Å². The lowest BCUT2D eigenvalue weighted by atomic mass is 10.1. The number of anilines is 3. The zero-order valence-electron chi connectivity index (χ0n) is 16.8. The van der Waals surface area contributed by atoms with E-state index in [1.54, 1.807) is 6.20 Å². The number of rotatable bonds is 5. The molecule has 1 fully saturated rings. The molecule has 0 aromatic carbocycles. The first kappa shape index (κ1) is 18.6. The Bertz CT molecular complexity index is 948. The molecule has 1 N–H and O–H groups in total. The van der Waals surface area contributed by atoms with Gasteiger partial charge in [0.1, 0.15) is 5.82 Å². The highest BCUT2D eigenvalue weighted by Gasteiger charge is 2.16. The minimum atomic E-state index is 0.403. The first-order valence-electron chi connectivity index (χ1n) is 9.96. The summed E-state index contributed by atoms with van der Waals surface area (Å²) in [6, 6.07) is 8.07. The second kappa shape index (κ2) is 8.06. The van der Waals surface area contributed by atoms with E-state index in [0.29, 0.717) is 11.7 Å². The van der Waals surface area contributed by atoms with Gasteiger partial charge in [-0.1, -0.05) is 20.8 Å². The molecule has 0 unspecified atom stereocenters. The Kier molecular flexibility index (Phi) is 5.34. The van der Waals surface area contributed by atoms with Gasteiger partial charge >= 0.3 is 0 Å². The molecule has 0 atom stereocenters. The average molecular weight is 377 g/mol. The van der Waals surface area contributed by atoms with Gasteiger partial charge in [-0.05, 0) is 42.3 Å². The van der Waals surface area contributed by atoms with E-state index < -0.39 is 0 Å². The molecule has 4 heterocycles. The first-order chi connectivity index (χ1) is 13.6. The molecule has 0 bridgehead atoms. The standard InChI is InChI=1S/C21H27N7/c1-4-27-7-9-28(10-8-27)17-12-19-18(22-14-17)5-6-20(24-19)25-21-11-16(15(2)3)13-23-26-21/h5-6,11-15H,4,7-10H2,1-3H3,(H,24,25,26). The highest BCUT2D eigenvalue weighted by molar-refractivity contribution is 5.80. The molecule has 1 aliphatic rings. The van der Waals surface area contributed by atoms with E-state index in [1.165, 1.54) is 0 Å². The van der Waals surface area contributed by atoms with E-state index in [0.717, 1.165) is 60.8 Å². The zero-order valence-corrected chi connectivity index (χ0v) is 16.8. The van der Waals surface area contributed by atoms with Crippen molar-refractivity contribution in [1.82, 2.24) is 25.1 Å². The largest absolute Gasteiger partial charge is 0.368 e.